The van der Waals surface area contributed by atoms with Gasteiger partial charge in [0.1, 0.15) is 10.5 Å². The van der Waals surface area contributed by atoms with Gasteiger partial charge in [0, 0.05) is 6.20 Å². The molecule has 0 atom stereocenters. The van der Waals surface area contributed by atoms with Gasteiger partial charge in [0.05, 0.1) is 10.6 Å². The smallest absolute Gasteiger partial charge is 0.183 e. The Bertz CT molecular complexity index is 879. The normalized spacial score (nSPS) is 11.2. The Balaban J connectivity index is 2.08. The monoisotopic (exact) mass is 301 g/mol. The number of halogens is 1. The molecule has 0 unspecified atom stereocenters. The topological polar surface area (TPSA) is 43.9 Å². The minimum Gasteiger partial charge on any atom is -0.461 e. The summed E-state index contributed by atoms with van der Waals surface area (Å²) in [5.41, 5.74) is 1.61. The summed E-state index contributed by atoms with van der Waals surface area (Å²) in [5, 5.41) is 0.961. The van der Waals surface area contributed by atoms with Gasteiger partial charge in [0.25, 0.3) is 0 Å². The molecule has 0 fully saturated rings. The van der Waals surface area contributed by atoms with Crippen LogP contribution in [0.5, 0.6) is 0 Å². The van der Waals surface area contributed by atoms with E-state index in [0.29, 0.717) is 5.76 Å². The first-order valence-corrected chi connectivity index (χ1v) is 7.15. The van der Waals surface area contributed by atoms with Crippen LogP contribution in [0.3, 0.4) is 0 Å². The van der Waals surface area contributed by atoms with Gasteiger partial charge >= 0.3 is 0 Å². The standard InChI is InChI=1S/C14H8ClN3OS/c15-11-5-6-12(20-11)18-13-9(3-1-7-16-13)17-14(18)10-4-2-8-19-10/h1-8H. The molecule has 0 saturated heterocycles. The Morgan fingerprint density at radius 1 is 1.15 bits per heavy atom. The van der Waals surface area contributed by atoms with Crippen molar-refractivity contribution in [3.63, 3.8) is 0 Å². The van der Waals surface area contributed by atoms with Crippen LogP contribution < -0.4 is 0 Å². The van der Waals surface area contributed by atoms with Crippen molar-refractivity contribution in [3.05, 3.63) is 53.2 Å². The SMILES string of the molecule is Clc1ccc(-n2c(-c3ccco3)nc3cccnc32)s1. The highest BCUT2D eigenvalue weighted by Gasteiger charge is 2.17. The molecule has 98 valence electrons. The van der Waals surface area contributed by atoms with Gasteiger partial charge < -0.3 is 4.42 Å². The quantitative estimate of drug-likeness (QED) is 0.551. The Kier molecular flexibility index (Phi) is 2.61. The molecule has 4 nitrogen and oxygen atoms in total. The third-order valence-electron chi connectivity index (χ3n) is 2.94. The van der Waals surface area contributed by atoms with Gasteiger partial charge in [-0.3, -0.25) is 4.57 Å². The first kappa shape index (κ1) is 11.7. The van der Waals surface area contributed by atoms with E-state index in [1.807, 2.05) is 41.0 Å². The van der Waals surface area contributed by atoms with Gasteiger partial charge in [0.15, 0.2) is 17.2 Å². The lowest BCUT2D eigenvalue weighted by molar-refractivity contribution is 0.576. The number of thiophene rings is 1. The molecular weight excluding hydrogens is 294 g/mol. The lowest BCUT2D eigenvalue weighted by atomic mass is 10.4. The van der Waals surface area contributed by atoms with E-state index in [0.717, 1.165) is 26.3 Å². The van der Waals surface area contributed by atoms with Crippen LogP contribution in [0.25, 0.3) is 27.7 Å². The Morgan fingerprint density at radius 3 is 2.85 bits per heavy atom. The zero-order chi connectivity index (χ0) is 13.5. The zero-order valence-corrected chi connectivity index (χ0v) is 11.7. The molecule has 0 N–H and O–H groups in total. The second kappa shape index (κ2) is 4.47. The summed E-state index contributed by atoms with van der Waals surface area (Å²) in [6.45, 7) is 0. The van der Waals surface area contributed by atoms with Gasteiger partial charge in [-0.2, -0.15) is 0 Å². The summed E-state index contributed by atoms with van der Waals surface area (Å²) >= 11 is 7.53. The van der Waals surface area contributed by atoms with Crippen LogP contribution >= 0.6 is 22.9 Å². The molecular formula is C14H8ClN3OS. The van der Waals surface area contributed by atoms with Crippen LogP contribution in [0.1, 0.15) is 0 Å². The van der Waals surface area contributed by atoms with Crippen LogP contribution in [0.2, 0.25) is 4.34 Å². The maximum Gasteiger partial charge on any atom is 0.183 e. The van der Waals surface area contributed by atoms with Gasteiger partial charge in [0.2, 0.25) is 0 Å². The lowest BCUT2D eigenvalue weighted by Crippen LogP contribution is -1.95. The number of imidazole rings is 1. The van der Waals surface area contributed by atoms with E-state index in [1.165, 1.54) is 11.3 Å². The highest BCUT2D eigenvalue weighted by molar-refractivity contribution is 7.18. The fraction of sp³-hybridized carbons (Fsp3) is 0. The van der Waals surface area contributed by atoms with Crippen LogP contribution in [0, 0.1) is 0 Å². The number of hydrogen-bond donors (Lipinski definition) is 0. The molecule has 4 rings (SSSR count). The molecule has 0 amide bonds. The Labute approximate surface area is 123 Å². The molecule has 0 aliphatic carbocycles. The van der Waals surface area contributed by atoms with E-state index in [9.17, 15) is 0 Å². The molecule has 0 aromatic carbocycles. The minimum absolute atomic E-state index is 0.701. The van der Waals surface area contributed by atoms with Gasteiger partial charge in [-0.15, -0.1) is 11.3 Å². The van der Waals surface area contributed by atoms with Crippen LogP contribution in [0.4, 0.5) is 0 Å². The predicted molar refractivity (Wildman–Crippen MR) is 79.5 cm³/mol. The first-order valence-electron chi connectivity index (χ1n) is 5.96. The molecule has 0 radical (unpaired) electrons. The summed E-state index contributed by atoms with van der Waals surface area (Å²) in [4.78, 5) is 9.03. The largest absolute Gasteiger partial charge is 0.461 e. The summed E-state index contributed by atoms with van der Waals surface area (Å²) in [5.74, 6) is 1.43. The molecule has 4 aromatic rings. The number of nitrogens with zero attached hydrogens (tertiary/aromatic N) is 3. The Hall–Kier alpha value is -2.11. The highest BCUT2D eigenvalue weighted by Crippen LogP contribution is 2.32. The molecule has 0 aliphatic heterocycles. The second-order valence-electron chi connectivity index (χ2n) is 4.17. The van der Waals surface area contributed by atoms with E-state index in [-0.39, 0.29) is 0 Å². The van der Waals surface area contributed by atoms with Crippen LogP contribution in [-0.4, -0.2) is 14.5 Å². The van der Waals surface area contributed by atoms with Crippen molar-refractivity contribution < 1.29 is 4.42 Å². The third kappa shape index (κ3) is 1.75. The summed E-state index contributed by atoms with van der Waals surface area (Å²) < 4.78 is 8.17. The lowest BCUT2D eigenvalue weighted by Gasteiger charge is -2.03. The van der Waals surface area contributed by atoms with Crippen molar-refractivity contribution in [3.8, 4) is 16.6 Å². The molecule has 0 bridgehead atoms. The molecule has 20 heavy (non-hydrogen) atoms. The third-order valence-corrected chi connectivity index (χ3v) is 4.15. The fourth-order valence-corrected chi connectivity index (χ4v) is 3.15. The van der Waals surface area contributed by atoms with E-state index >= 15 is 0 Å². The number of furan rings is 1. The first-order chi connectivity index (χ1) is 9.83. The number of hydrogen-bond acceptors (Lipinski definition) is 4. The predicted octanol–water partition coefficient (Wildman–Crippen LogP) is 4.40. The number of pyridine rings is 1. The molecule has 0 spiro atoms. The van der Waals surface area contributed by atoms with Gasteiger partial charge in [-0.1, -0.05) is 11.6 Å². The van der Waals surface area contributed by atoms with Crippen molar-refractivity contribution in [1.82, 2.24) is 14.5 Å². The summed E-state index contributed by atoms with van der Waals surface area (Å²) in [6.07, 6.45) is 3.38. The maximum atomic E-state index is 6.05. The van der Waals surface area contributed by atoms with Gasteiger partial charge in [-0.25, -0.2) is 9.97 Å². The average molecular weight is 302 g/mol. The maximum absolute atomic E-state index is 6.05. The number of aromatic nitrogens is 3. The number of fused-ring (bicyclic) bond motifs is 1. The van der Waals surface area contributed by atoms with Crippen LogP contribution in [0.15, 0.2) is 53.3 Å². The zero-order valence-electron chi connectivity index (χ0n) is 10.2. The highest BCUT2D eigenvalue weighted by atomic mass is 35.5. The average Bonchev–Trinajstić information content (AvgIpc) is 3.16. The Morgan fingerprint density at radius 2 is 2.10 bits per heavy atom. The molecule has 4 aromatic heterocycles. The molecule has 0 saturated carbocycles. The van der Waals surface area contributed by atoms with Crippen molar-refractivity contribution in [2.75, 3.05) is 0 Å². The van der Waals surface area contributed by atoms with Crippen molar-refractivity contribution in [1.29, 1.82) is 0 Å². The van der Waals surface area contributed by atoms with Crippen molar-refractivity contribution in [2.45, 2.75) is 0 Å². The molecule has 6 heteroatoms. The van der Waals surface area contributed by atoms with E-state index in [1.54, 1.807) is 12.5 Å². The fourth-order valence-electron chi connectivity index (χ4n) is 2.12. The van der Waals surface area contributed by atoms with Crippen molar-refractivity contribution >= 4 is 34.1 Å². The van der Waals surface area contributed by atoms with Gasteiger partial charge in [-0.05, 0) is 36.4 Å². The second-order valence-corrected chi connectivity index (χ2v) is 5.87. The summed E-state index contributed by atoms with van der Waals surface area (Å²) in [7, 11) is 0. The minimum atomic E-state index is 0.701. The van der Waals surface area contributed by atoms with E-state index < -0.39 is 0 Å². The number of rotatable bonds is 2. The van der Waals surface area contributed by atoms with E-state index in [4.69, 9.17) is 16.0 Å². The van der Waals surface area contributed by atoms with Crippen LogP contribution in [-0.2, 0) is 0 Å². The molecule has 0 aliphatic rings. The summed E-state index contributed by atoms with van der Waals surface area (Å²) in [6, 6.07) is 11.3. The van der Waals surface area contributed by atoms with Crippen molar-refractivity contribution in [2.24, 2.45) is 0 Å². The van der Waals surface area contributed by atoms with E-state index in [2.05, 4.69) is 9.97 Å². The molecule has 4 heterocycles.